The Kier molecular flexibility index (Phi) is 3.30. The Morgan fingerprint density at radius 3 is 2.60 bits per heavy atom. The third kappa shape index (κ3) is 2.77. The average molecular weight is 201 g/mol. The molecule has 1 aliphatic heterocycles. The predicted molar refractivity (Wildman–Crippen MR) is 61.9 cm³/mol. The molecule has 1 saturated heterocycles. The van der Waals surface area contributed by atoms with Gasteiger partial charge in [0.05, 0.1) is 0 Å². The first-order chi connectivity index (χ1) is 7.38. The second kappa shape index (κ2) is 4.89. The fraction of sp³-hybridized carbons (Fsp3) is 0.308. The van der Waals surface area contributed by atoms with Gasteiger partial charge in [-0.05, 0) is 37.6 Å². The molecule has 0 bridgehead atoms. The SMILES string of the molecule is O=Cc1cccc(C=C2CCNCC2)c1. The highest BCUT2D eigenvalue weighted by atomic mass is 16.1. The van der Waals surface area contributed by atoms with Crippen molar-refractivity contribution < 1.29 is 4.79 Å². The van der Waals surface area contributed by atoms with Gasteiger partial charge in [0.25, 0.3) is 0 Å². The third-order valence-electron chi connectivity index (χ3n) is 2.66. The van der Waals surface area contributed by atoms with E-state index in [1.54, 1.807) is 0 Å². The van der Waals surface area contributed by atoms with Gasteiger partial charge >= 0.3 is 0 Å². The lowest BCUT2D eigenvalue weighted by molar-refractivity contribution is 0.112. The molecule has 78 valence electrons. The molecule has 0 spiro atoms. The van der Waals surface area contributed by atoms with Crippen LogP contribution < -0.4 is 5.32 Å². The lowest BCUT2D eigenvalue weighted by atomic mass is 10.0. The van der Waals surface area contributed by atoms with Gasteiger partial charge in [-0.2, -0.15) is 0 Å². The molecule has 0 aromatic heterocycles. The van der Waals surface area contributed by atoms with Gasteiger partial charge in [-0.25, -0.2) is 0 Å². The van der Waals surface area contributed by atoms with Crippen LogP contribution in [0, 0.1) is 0 Å². The molecule has 1 aromatic carbocycles. The minimum Gasteiger partial charge on any atom is -0.316 e. The zero-order chi connectivity index (χ0) is 10.5. The highest BCUT2D eigenvalue weighted by Crippen LogP contribution is 2.15. The van der Waals surface area contributed by atoms with Crippen LogP contribution in [0.2, 0.25) is 0 Å². The van der Waals surface area contributed by atoms with Gasteiger partial charge < -0.3 is 5.32 Å². The molecule has 0 unspecified atom stereocenters. The van der Waals surface area contributed by atoms with E-state index in [0.717, 1.165) is 43.3 Å². The molecule has 1 heterocycles. The topological polar surface area (TPSA) is 29.1 Å². The average Bonchev–Trinajstić information content (AvgIpc) is 2.31. The van der Waals surface area contributed by atoms with Crippen LogP contribution in [0.3, 0.4) is 0 Å². The van der Waals surface area contributed by atoms with E-state index < -0.39 is 0 Å². The van der Waals surface area contributed by atoms with E-state index in [0.29, 0.717) is 0 Å². The number of carbonyl (C=O) groups is 1. The molecule has 1 N–H and O–H groups in total. The minimum absolute atomic E-state index is 0.748. The first kappa shape index (κ1) is 10.1. The third-order valence-corrected chi connectivity index (χ3v) is 2.66. The summed E-state index contributed by atoms with van der Waals surface area (Å²) < 4.78 is 0. The summed E-state index contributed by atoms with van der Waals surface area (Å²) in [6.45, 7) is 2.14. The maximum atomic E-state index is 10.6. The Bertz CT molecular complexity index is 374. The van der Waals surface area contributed by atoms with Gasteiger partial charge in [-0.3, -0.25) is 4.79 Å². The molecule has 2 heteroatoms. The van der Waals surface area contributed by atoms with Crippen molar-refractivity contribution in [3.8, 4) is 0 Å². The van der Waals surface area contributed by atoms with Crippen LogP contribution in [0.4, 0.5) is 0 Å². The monoisotopic (exact) mass is 201 g/mol. The number of rotatable bonds is 2. The highest BCUT2D eigenvalue weighted by Gasteiger charge is 2.04. The van der Waals surface area contributed by atoms with Gasteiger partial charge in [-0.15, -0.1) is 0 Å². The zero-order valence-corrected chi connectivity index (χ0v) is 8.70. The Morgan fingerprint density at radius 2 is 1.87 bits per heavy atom. The molecular formula is C13H15NO. The number of carbonyl (C=O) groups excluding carboxylic acids is 1. The maximum absolute atomic E-state index is 10.6. The summed E-state index contributed by atoms with van der Waals surface area (Å²) in [5, 5.41) is 3.33. The summed E-state index contributed by atoms with van der Waals surface area (Å²) in [5.74, 6) is 0. The Labute approximate surface area is 90.0 Å². The molecule has 1 fully saturated rings. The molecular weight excluding hydrogens is 186 g/mol. The number of aldehydes is 1. The number of benzene rings is 1. The lowest BCUT2D eigenvalue weighted by Crippen LogP contribution is -2.22. The molecule has 1 aromatic rings. The first-order valence-corrected chi connectivity index (χ1v) is 5.34. The molecule has 0 atom stereocenters. The molecule has 0 aliphatic carbocycles. The lowest BCUT2D eigenvalue weighted by Gasteiger charge is -2.15. The summed E-state index contributed by atoms with van der Waals surface area (Å²) in [7, 11) is 0. The van der Waals surface area contributed by atoms with Crippen LogP contribution in [-0.2, 0) is 0 Å². The molecule has 1 aliphatic rings. The van der Waals surface area contributed by atoms with Crippen molar-refractivity contribution in [2.75, 3.05) is 13.1 Å². The standard InChI is InChI=1S/C13H15NO/c15-10-13-3-1-2-12(9-13)8-11-4-6-14-7-5-11/h1-3,8-10,14H,4-7H2. The van der Waals surface area contributed by atoms with E-state index in [1.165, 1.54) is 5.57 Å². The first-order valence-electron chi connectivity index (χ1n) is 5.34. The van der Waals surface area contributed by atoms with Crippen LogP contribution >= 0.6 is 0 Å². The van der Waals surface area contributed by atoms with Crippen LogP contribution in [-0.4, -0.2) is 19.4 Å². The predicted octanol–water partition coefficient (Wildman–Crippen LogP) is 2.27. The van der Waals surface area contributed by atoms with Crippen molar-refractivity contribution in [2.24, 2.45) is 0 Å². The van der Waals surface area contributed by atoms with Crippen LogP contribution in [0.25, 0.3) is 6.08 Å². The van der Waals surface area contributed by atoms with Crippen molar-refractivity contribution in [1.82, 2.24) is 5.32 Å². The summed E-state index contributed by atoms with van der Waals surface area (Å²) in [4.78, 5) is 10.6. The molecule has 15 heavy (non-hydrogen) atoms. The van der Waals surface area contributed by atoms with E-state index >= 15 is 0 Å². The van der Waals surface area contributed by atoms with Gasteiger partial charge in [0, 0.05) is 5.56 Å². The number of piperidine rings is 1. The number of nitrogens with one attached hydrogen (secondary N) is 1. The smallest absolute Gasteiger partial charge is 0.150 e. The van der Waals surface area contributed by atoms with E-state index in [2.05, 4.69) is 11.4 Å². The van der Waals surface area contributed by atoms with Gasteiger partial charge in [-0.1, -0.05) is 29.8 Å². The van der Waals surface area contributed by atoms with E-state index in [1.807, 2.05) is 24.3 Å². The van der Waals surface area contributed by atoms with Crippen LogP contribution in [0.1, 0.15) is 28.8 Å². The number of hydrogen-bond acceptors (Lipinski definition) is 2. The van der Waals surface area contributed by atoms with Gasteiger partial charge in [0.2, 0.25) is 0 Å². The highest BCUT2D eigenvalue weighted by molar-refractivity contribution is 5.76. The molecule has 2 nitrogen and oxygen atoms in total. The zero-order valence-electron chi connectivity index (χ0n) is 8.70. The second-order valence-corrected chi connectivity index (χ2v) is 3.84. The van der Waals surface area contributed by atoms with Crippen molar-refractivity contribution >= 4 is 12.4 Å². The summed E-state index contributed by atoms with van der Waals surface area (Å²) in [6, 6.07) is 7.73. The van der Waals surface area contributed by atoms with Crippen molar-refractivity contribution in [2.45, 2.75) is 12.8 Å². The van der Waals surface area contributed by atoms with Crippen molar-refractivity contribution in [3.05, 3.63) is 41.0 Å². The minimum atomic E-state index is 0.748. The molecule has 0 saturated carbocycles. The Hall–Kier alpha value is -1.41. The van der Waals surface area contributed by atoms with E-state index in [4.69, 9.17) is 0 Å². The Balaban J connectivity index is 2.17. The van der Waals surface area contributed by atoms with Crippen molar-refractivity contribution in [1.29, 1.82) is 0 Å². The van der Waals surface area contributed by atoms with E-state index in [-0.39, 0.29) is 0 Å². The largest absolute Gasteiger partial charge is 0.316 e. The maximum Gasteiger partial charge on any atom is 0.150 e. The fourth-order valence-electron chi connectivity index (χ4n) is 1.85. The van der Waals surface area contributed by atoms with Gasteiger partial charge in [0.1, 0.15) is 6.29 Å². The van der Waals surface area contributed by atoms with Gasteiger partial charge in [0.15, 0.2) is 0 Å². The normalized spacial score (nSPS) is 16.1. The molecule has 2 rings (SSSR count). The van der Waals surface area contributed by atoms with Crippen LogP contribution in [0.15, 0.2) is 29.8 Å². The summed E-state index contributed by atoms with van der Waals surface area (Å²) in [6.07, 6.45) is 5.33. The number of hydrogen-bond donors (Lipinski definition) is 1. The summed E-state index contributed by atoms with van der Waals surface area (Å²) >= 11 is 0. The quantitative estimate of drug-likeness (QED) is 0.744. The fourth-order valence-corrected chi connectivity index (χ4v) is 1.85. The molecule has 0 amide bonds. The molecule has 0 radical (unpaired) electrons. The Morgan fingerprint density at radius 1 is 1.13 bits per heavy atom. The second-order valence-electron chi connectivity index (χ2n) is 3.84. The summed E-state index contributed by atoms with van der Waals surface area (Å²) in [5.41, 5.74) is 3.35. The van der Waals surface area contributed by atoms with Crippen molar-refractivity contribution in [3.63, 3.8) is 0 Å². The van der Waals surface area contributed by atoms with Crippen LogP contribution in [0.5, 0.6) is 0 Å². The van der Waals surface area contributed by atoms with E-state index in [9.17, 15) is 4.79 Å².